The summed E-state index contributed by atoms with van der Waals surface area (Å²) in [5, 5.41) is 7.77. The number of carbonyl (C=O) groups is 1. The molecule has 0 aromatic heterocycles. The number of hydrogen-bond donors (Lipinski definition) is 1. The van der Waals surface area contributed by atoms with Crippen molar-refractivity contribution in [3.05, 3.63) is 42.0 Å². The Labute approximate surface area is 176 Å². The molecule has 0 amide bonds. The van der Waals surface area contributed by atoms with Gasteiger partial charge in [-0.3, -0.25) is 0 Å². The smallest absolute Gasteiger partial charge is 0.330 e. The van der Waals surface area contributed by atoms with E-state index in [0.717, 1.165) is 42.9 Å². The van der Waals surface area contributed by atoms with Crippen molar-refractivity contribution in [2.45, 2.75) is 77.0 Å². The Morgan fingerprint density at radius 1 is 1.14 bits per heavy atom. The standard InChI is InChI=1S/C25H37NO3/c1-3-9-20-10-12-21(13-11-20)22-14-15-24(23(18-22)19-26)28-16-7-5-6-8-17-29-25(27)4-2/h4,14-15,18-21,26H,2-3,5-13,16-17H2,1H3. The summed E-state index contributed by atoms with van der Waals surface area (Å²) in [5.74, 6) is 1.99. The number of ether oxygens (including phenoxy) is 2. The van der Waals surface area contributed by atoms with Crippen LogP contribution < -0.4 is 4.74 Å². The lowest BCUT2D eigenvalue weighted by atomic mass is 9.77. The summed E-state index contributed by atoms with van der Waals surface area (Å²) in [6, 6.07) is 6.39. The van der Waals surface area contributed by atoms with Gasteiger partial charge in [0.2, 0.25) is 0 Å². The average Bonchev–Trinajstić information content (AvgIpc) is 2.76. The summed E-state index contributed by atoms with van der Waals surface area (Å²) in [6.45, 7) is 6.75. The maximum absolute atomic E-state index is 11.0. The predicted octanol–water partition coefficient (Wildman–Crippen LogP) is 6.43. The lowest BCUT2D eigenvalue weighted by Crippen LogP contribution is -2.13. The van der Waals surface area contributed by atoms with Crippen molar-refractivity contribution in [3.8, 4) is 5.75 Å². The zero-order chi connectivity index (χ0) is 20.9. The summed E-state index contributed by atoms with van der Waals surface area (Å²) in [4.78, 5) is 11.0. The summed E-state index contributed by atoms with van der Waals surface area (Å²) >= 11 is 0. The second kappa shape index (κ2) is 13.2. The van der Waals surface area contributed by atoms with Crippen molar-refractivity contribution in [2.24, 2.45) is 5.92 Å². The summed E-state index contributed by atoms with van der Waals surface area (Å²) < 4.78 is 10.9. The van der Waals surface area contributed by atoms with Crippen molar-refractivity contribution in [2.75, 3.05) is 13.2 Å². The van der Waals surface area contributed by atoms with Gasteiger partial charge in [0.15, 0.2) is 0 Å². The molecule has 1 aromatic carbocycles. The Morgan fingerprint density at radius 2 is 1.86 bits per heavy atom. The molecule has 4 nitrogen and oxygen atoms in total. The van der Waals surface area contributed by atoms with Crippen LogP contribution in [0.15, 0.2) is 30.9 Å². The van der Waals surface area contributed by atoms with Crippen LogP contribution in [0, 0.1) is 11.3 Å². The quantitative estimate of drug-likeness (QED) is 0.180. The topological polar surface area (TPSA) is 59.4 Å². The van der Waals surface area contributed by atoms with Gasteiger partial charge in [0.05, 0.1) is 13.2 Å². The van der Waals surface area contributed by atoms with Crippen LogP contribution >= 0.6 is 0 Å². The van der Waals surface area contributed by atoms with E-state index in [1.165, 1.54) is 56.4 Å². The largest absolute Gasteiger partial charge is 0.493 e. The molecule has 2 rings (SSSR count). The van der Waals surface area contributed by atoms with Crippen molar-refractivity contribution >= 4 is 12.2 Å². The first-order valence-corrected chi connectivity index (χ1v) is 11.2. The molecule has 1 aliphatic carbocycles. The van der Waals surface area contributed by atoms with Gasteiger partial charge in [0, 0.05) is 17.9 Å². The Balaban J connectivity index is 1.71. The molecule has 29 heavy (non-hydrogen) atoms. The molecule has 0 radical (unpaired) electrons. The Bertz CT molecular complexity index is 647. The van der Waals surface area contributed by atoms with Crippen LogP contribution in [0.4, 0.5) is 0 Å². The average molecular weight is 400 g/mol. The van der Waals surface area contributed by atoms with Gasteiger partial charge in [-0.1, -0.05) is 32.4 Å². The minimum absolute atomic E-state index is 0.357. The molecular formula is C25H37NO3. The summed E-state index contributed by atoms with van der Waals surface area (Å²) in [7, 11) is 0. The fourth-order valence-electron chi connectivity index (χ4n) is 4.23. The third-order valence-electron chi connectivity index (χ3n) is 5.91. The van der Waals surface area contributed by atoms with E-state index in [2.05, 4.69) is 25.6 Å². The van der Waals surface area contributed by atoms with Crippen LogP contribution in [-0.2, 0) is 9.53 Å². The zero-order valence-electron chi connectivity index (χ0n) is 18.0. The van der Waals surface area contributed by atoms with E-state index in [4.69, 9.17) is 14.9 Å². The highest BCUT2D eigenvalue weighted by Gasteiger charge is 2.22. The van der Waals surface area contributed by atoms with E-state index in [1.807, 2.05) is 6.07 Å². The minimum atomic E-state index is -0.357. The number of unbranched alkanes of at least 4 members (excludes halogenated alkanes) is 3. The number of carbonyl (C=O) groups excluding carboxylic acids is 1. The molecule has 0 spiro atoms. The molecule has 160 valence electrons. The molecule has 1 saturated carbocycles. The molecule has 0 aliphatic heterocycles. The van der Waals surface area contributed by atoms with E-state index in [0.29, 0.717) is 19.1 Å². The van der Waals surface area contributed by atoms with Gasteiger partial charge in [-0.25, -0.2) is 4.79 Å². The van der Waals surface area contributed by atoms with Crippen LogP contribution in [-0.4, -0.2) is 25.4 Å². The molecule has 4 heteroatoms. The number of nitrogens with one attached hydrogen (secondary N) is 1. The van der Waals surface area contributed by atoms with Crippen molar-refractivity contribution in [1.29, 1.82) is 5.41 Å². The molecule has 1 N–H and O–H groups in total. The van der Waals surface area contributed by atoms with Gasteiger partial charge in [-0.05, 0) is 80.9 Å². The molecule has 0 bridgehead atoms. The van der Waals surface area contributed by atoms with Gasteiger partial charge in [0.25, 0.3) is 0 Å². The molecule has 1 aliphatic rings. The fourth-order valence-corrected chi connectivity index (χ4v) is 4.23. The Morgan fingerprint density at radius 3 is 2.52 bits per heavy atom. The van der Waals surface area contributed by atoms with Gasteiger partial charge < -0.3 is 14.9 Å². The lowest BCUT2D eigenvalue weighted by Gasteiger charge is -2.29. The Hall–Kier alpha value is -2.10. The SMILES string of the molecule is C=CC(=O)OCCCCCCOc1ccc(C2CCC(CCC)CC2)cc1C=N. The normalized spacial score (nSPS) is 18.8. The van der Waals surface area contributed by atoms with E-state index >= 15 is 0 Å². The highest BCUT2D eigenvalue weighted by Crippen LogP contribution is 2.38. The monoisotopic (exact) mass is 399 g/mol. The molecule has 0 unspecified atom stereocenters. The van der Waals surface area contributed by atoms with Crippen LogP contribution in [0.25, 0.3) is 0 Å². The first-order chi connectivity index (χ1) is 14.2. The molecule has 1 fully saturated rings. The third kappa shape index (κ3) is 8.04. The van der Waals surface area contributed by atoms with Crippen LogP contribution in [0.5, 0.6) is 5.75 Å². The van der Waals surface area contributed by atoms with E-state index in [-0.39, 0.29) is 5.97 Å². The number of hydrogen-bond acceptors (Lipinski definition) is 4. The maximum Gasteiger partial charge on any atom is 0.330 e. The number of esters is 1. The number of benzene rings is 1. The van der Waals surface area contributed by atoms with Gasteiger partial charge in [-0.15, -0.1) is 0 Å². The van der Waals surface area contributed by atoms with Gasteiger partial charge in [-0.2, -0.15) is 0 Å². The van der Waals surface area contributed by atoms with Gasteiger partial charge in [0.1, 0.15) is 5.75 Å². The second-order valence-corrected chi connectivity index (χ2v) is 8.08. The van der Waals surface area contributed by atoms with E-state index in [9.17, 15) is 4.79 Å². The van der Waals surface area contributed by atoms with Gasteiger partial charge >= 0.3 is 5.97 Å². The highest BCUT2D eigenvalue weighted by atomic mass is 16.5. The number of rotatable bonds is 13. The zero-order valence-corrected chi connectivity index (χ0v) is 18.0. The molecular weight excluding hydrogens is 362 g/mol. The van der Waals surface area contributed by atoms with Crippen molar-refractivity contribution in [3.63, 3.8) is 0 Å². The van der Waals surface area contributed by atoms with Crippen molar-refractivity contribution < 1.29 is 14.3 Å². The molecule has 1 aromatic rings. The van der Waals surface area contributed by atoms with E-state index in [1.54, 1.807) is 0 Å². The first kappa shape index (κ1) is 23.2. The minimum Gasteiger partial charge on any atom is -0.493 e. The molecule has 0 atom stereocenters. The van der Waals surface area contributed by atoms with Crippen LogP contribution in [0.3, 0.4) is 0 Å². The predicted molar refractivity (Wildman–Crippen MR) is 119 cm³/mol. The van der Waals surface area contributed by atoms with Crippen LogP contribution in [0.2, 0.25) is 0 Å². The molecule has 0 saturated heterocycles. The van der Waals surface area contributed by atoms with Crippen LogP contribution in [0.1, 0.15) is 88.2 Å². The highest BCUT2D eigenvalue weighted by molar-refractivity contribution is 5.81. The lowest BCUT2D eigenvalue weighted by molar-refractivity contribution is -0.137. The maximum atomic E-state index is 11.0. The summed E-state index contributed by atoms with van der Waals surface area (Å²) in [5.41, 5.74) is 2.24. The van der Waals surface area contributed by atoms with Crippen molar-refractivity contribution in [1.82, 2.24) is 0 Å². The van der Waals surface area contributed by atoms with E-state index < -0.39 is 0 Å². The fraction of sp³-hybridized carbons (Fsp3) is 0.600. The second-order valence-electron chi connectivity index (χ2n) is 8.08. The molecule has 0 heterocycles. The first-order valence-electron chi connectivity index (χ1n) is 11.2. The third-order valence-corrected chi connectivity index (χ3v) is 5.91. The summed E-state index contributed by atoms with van der Waals surface area (Å²) in [6.07, 6.45) is 14.3. The Kier molecular flexibility index (Phi) is 10.5.